The van der Waals surface area contributed by atoms with Gasteiger partial charge in [0.25, 0.3) is 0 Å². The number of pyridine rings is 1. The highest BCUT2D eigenvalue weighted by atomic mass is 16.4. The number of aromatic carboxylic acids is 1. The number of nitrogens with zero attached hydrogens (tertiary/aromatic N) is 4. The average molecular weight is 340 g/mol. The Balaban J connectivity index is 1.84. The standard InChI is InChI=1S/C19H24N4O2/c1-13(2)23-7-3-4-14(12-23)8-17-18(22-6-5-21-17)15-9-16(19(24)25)11-20-10-15/h5-6,9-11,13-14H,3-4,7-8,12H2,1-2H3,(H,24,25). The summed E-state index contributed by atoms with van der Waals surface area (Å²) in [5.41, 5.74) is 2.53. The number of hydrogen-bond donors (Lipinski definition) is 1. The number of likely N-dealkylation sites (tertiary alicyclic amines) is 1. The molecule has 0 bridgehead atoms. The van der Waals surface area contributed by atoms with E-state index in [4.69, 9.17) is 0 Å². The van der Waals surface area contributed by atoms with E-state index in [1.54, 1.807) is 24.7 Å². The molecule has 0 aromatic carbocycles. The first-order valence-corrected chi connectivity index (χ1v) is 8.77. The monoisotopic (exact) mass is 340 g/mol. The molecule has 2 aromatic heterocycles. The molecule has 25 heavy (non-hydrogen) atoms. The Labute approximate surface area is 148 Å². The molecule has 1 N–H and O–H groups in total. The molecule has 1 aliphatic heterocycles. The van der Waals surface area contributed by atoms with Crippen LogP contribution in [0.2, 0.25) is 0 Å². The van der Waals surface area contributed by atoms with Gasteiger partial charge in [0.2, 0.25) is 0 Å². The molecule has 3 rings (SSSR count). The van der Waals surface area contributed by atoms with Crippen molar-refractivity contribution in [2.24, 2.45) is 5.92 Å². The van der Waals surface area contributed by atoms with Crippen molar-refractivity contribution in [3.63, 3.8) is 0 Å². The molecule has 2 aromatic rings. The molecular weight excluding hydrogens is 316 g/mol. The van der Waals surface area contributed by atoms with Gasteiger partial charge in [0.15, 0.2) is 0 Å². The number of rotatable bonds is 5. The Morgan fingerprint density at radius 2 is 2.12 bits per heavy atom. The van der Waals surface area contributed by atoms with Gasteiger partial charge in [-0.2, -0.15) is 0 Å². The van der Waals surface area contributed by atoms with Crippen LogP contribution in [-0.4, -0.2) is 50.1 Å². The molecule has 132 valence electrons. The fourth-order valence-electron chi connectivity index (χ4n) is 3.45. The van der Waals surface area contributed by atoms with Crippen molar-refractivity contribution in [1.29, 1.82) is 0 Å². The molecule has 3 heterocycles. The van der Waals surface area contributed by atoms with Crippen molar-refractivity contribution in [2.45, 2.75) is 39.2 Å². The Morgan fingerprint density at radius 1 is 1.32 bits per heavy atom. The second-order valence-corrected chi connectivity index (χ2v) is 6.92. The lowest BCUT2D eigenvalue weighted by molar-refractivity contribution is 0.0696. The summed E-state index contributed by atoms with van der Waals surface area (Å²) in [7, 11) is 0. The zero-order valence-corrected chi connectivity index (χ0v) is 14.7. The lowest BCUT2D eigenvalue weighted by atomic mass is 9.91. The number of piperidine rings is 1. The van der Waals surface area contributed by atoms with E-state index >= 15 is 0 Å². The molecule has 1 aliphatic rings. The Morgan fingerprint density at radius 3 is 2.88 bits per heavy atom. The van der Waals surface area contributed by atoms with Gasteiger partial charge in [0, 0.05) is 42.9 Å². The van der Waals surface area contributed by atoms with Gasteiger partial charge in [0.05, 0.1) is 17.0 Å². The molecule has 0 saturated carbocycles. The van der Waals surface area contributed by atoms with E-state index in [1.807, 2.05) is 0 Å². The van der Waals surface area contributed by atoms with Gasteiger partial charge in [0.1, 0.15) is 0 Å². The van der Waals surface area contributed by atoms with E-state index in [2.05, 4.69) is 33.7 Å². The summed E-state index contributed by atoms with van der Waals surface area (Å²) in [6.45, 7) is 6.70. The van der Waals surface area contributed by atoms with Crippen LogP contribution in [0.4, 0.5) is 0 Å². The van der Waals surface area contributed by atoms with Crippen molar-refractivity contribution >= 4 is 5.97 Å². The molecule has 6 heteroatoms. The molecule has 0 radical (unpaired) electrons. The topological polar surface area (TPSA) is 79.2 Å². The predicted octanol–water partition coefficient (Wildman–Crippen LogP) is 2.90. The molecule has 0 aliphatic carbocycles. The fraction of sp³-hybridized carbons (Fsp3) is 0.474. The quantitative estimate of drug-likeness (QED) is 0.901. The maximum atomic E-state index is 11.2. The summed E-state index contributed by atoms with van der Waals surface area (Å²) in [5.74, 6) is -0.443. The van der Waals surface area contributed by atoms with Crippen molar-refractivity contribution < 1.29 is 9.90 Å². The fourth-order valence-corrected chi connectivity index (χ4v) is 3.45. The molecule has 1 saturated heterocycles. The highest BCUT2D eigenvalue weighted by Gasteiger charge is 2.23. The molecule has 0 amide bonds. The number of hydrogen-bond acceptors (Lipinski definition) is 5. The molecule has 1 atom stereocenters. The van der Waals surface area contributed by atoms with Crippen LogP contribution < -0.4 is 0 Å². The Kier molecular flexibility index (Phi) is 5.38. The third-order valence-electron chi connectivity index (χ3n) is 4.80. The van der Waals surface area contributed by atoms with Crippen LogP contribution in [0.25, 0.3) is 11.3 Å². The van der Waals surface area contributed by atoms with Crippen LogP contribution in [-0.2, 0) is 6.42 Å². The normalized spacial score (nSPS) is 18.4. The summed E-state index contributed by atoms with van der Waals surface area (Å²) in [4.78, 5) is 26.8. The third kappa shape index (κ3) is 4.20. The first-order valence-electron chi connectivity index (χ1n) is 8.77. The molecule has 1 fully saturated rings. The molecule has 0 spiro atoms. The Hall–Kier alpha value is -2.34. The summed E-state index contributed by atoms with van der Waals surface area (Å²) in [6, 6.07) is 2.17. The largest absolute Gasteiger partial charge is 0.478 e. The summed E-state index contributed by atoms with van der Waals surface area (Å²) in [6.07, 6.45) is 9.60. The van der Waals surface area contributed by atoms with Crippen LogP contribution in [0.1, 0.15) is 42.7 Å². The smallest absolute Gasteiger partial charge is 0.337 e. The van der Waals surface area contributed by atoms with E-state index in [0.29, 0.717) is 17.5 Å². The van der Waals surface area contributed by atoms with Crippen LogP contribution in [0.5, 0.6) is 0 Å². The van der Waals surface area contributed by atoms with E-state index in [0.717, 1.165) is 30.9 Å². The minimum atomic E-state index is -0.986. The van der Waals surface area contributed by atoms with E-state index < -0.39 is 5.97 Å². The summed E-state index contributed by atoms with van der Waals surface area (Å²) < 4.78 is 0. The van der Waals surface area contributed by atoms with Gasteiger partial charge in [-0.15, -0.1) is 0 Å². The summed E-state index contributed by atoms with van der Waals surface area (Å²) >= 11 is 0. The van der Waals surface area contributed by atoms with Gasteiger partial charge >= 0.3 is 5.97 Å². The van der Waals surface area contributed by atoms with Crippen LogP contribution in [0, 0.1) is 5.92 Å². The number of carbonyl (C=O) groups is 1. The zero-order chi connectivity index (χ0) is 17.8. The number of carboxylic acid groups (broad SMARTS) is 1. The van der Waals surface area contributed by atoms with Gasteiger partial charge < -0.3 is 10.0 Å². The van der Waals surface area contributed by atoms with E-state index in [9.17, 15) is 9.90 Å². The first kappa shape index (κ1) is 17.5. The average Bonchev–Trinajstić information content (AvgIpc) is 2.62. The Bertz CT molecular complexity index is 748. The molecular formula is C19H24N4O2. The van der Waals surface area contributed by atoms with Crippen molar-refractivity contribution in [2.75, 3.05) is 13.1 Å². The molecule has 6 nitrogen and oxygen atoms in total. The van der Waals surface area contributed by atoms with Gasteiger partial charge in [-0.05, 0) is 51.6 Å². The first-order chi connectivity index (χ1) is 12.0. The molecule has 1 unspecified atom stereocenters. The number of carboxylic acids is 1. The van der Waals surface area contributed by atoms with Crippen molar-refractivity contribution in [3.8, 4) is 11.3 Å². The minimum absolute atomic E-state index is 0.165. The number of aromatic nitrogens is 3. The van der Waals surface area contributed by atoms with Gasteiger partial charge in [-0.25, -0.2) is 4.79 Å². The van der Waals surface area contributed by atoms with Crippen LogP contribution in [0.3, 0.4) is 0 Å². The van der Waals surface area contributed by atoms with Gasteiger partial charge in [-0.1, -0.05) is 0 Å². The highest BCUT2D eigenvalue weighted by molar-refractivity contribution is 5.88. The maximum absolute atomic E-state index is 11.2. The van der Waals surface area contributed by atoms with Crippen LogP contribution >= 0.6 is 0 Å². The zero-order valence-electron chi connectivity index (χ0n) is 14.7. The van der Waals surface area contributed by atoms with Crippen molar-refractivity contribution in [1.82, 2.24) is 19.9 Å². The lowest BCUT2D eigenvalue weighted by Gasteiger charge is -2.35. The lowest BCUT2D eigenvalue weighted by Crippen LogP contribution is -2.40. The summed E-state index contributed by atoms with van der Waals surface area (Å²) in [5, 5.41) is 9.19. The van der Waals surface area contributed by atoms with E-state index in [1.165, 1.54) is 19.0 Å². The second-order valence-electron chi connectivity index (χ2n) is 6.92. The van der Waals surface area contributed by atoms with Gasteiger partial charge in [-0.3, -0.25) is 15.0 Å². The maximum Gasteiger partial charge on any atom is 0.337 e. The minimum Gasteiger partial charge on any atom is -0.478 e. The predicted molar refractivity (Wildman–Crippen MR) is 95.4 cm³/mol. The van der Waals surface area contributed by atoms with Crippen LogP contribution in [0.15, 0.2) is 30.9 Å². The third-order valence-corrected chi connectivity index (χ3v) is 4.80. The van der Waals surface area contributed by atoms with E-state index in [-0.39, 0.29) is 5.56 Å². The van der Waals surface area contributed by atoms with Crippen molar-refractivity contribution in [3.05, 3.63) is 42.1 Å². The second kappa shape index (κ2) is 7.70. The SMILES string of the molecule is CC(C)N1CCCC(Cc2nccnc2-c2cncc(C(=O)O)c2)C1. The highest BCUT2D eigenvalue weighted by Crippen LogP contribution is 2.26.